The van der Waals surface area contributed by atoms with Crippen LogP contribution in [0.15, 0.2) is 0 Å². The molecule has 0 bridgehead atoms. The predicted octanol–water partition coefficient (Wildman–Crippen LogP) is 1.48. The Kier molecular flexibility index (Phi) is 33.6. The lowest BCUT2D eigenvalue weighted by atomic mass is 9.92. The van der Waals surface area contributed by atoms with Crippen molar-refractivity contribution in [2.24, 2.45) is 41.4 Å². The van der Waals surface area contributed by atoms with E-state index in [9.17, 15) is 43.5 Å². The highest BCUT2D eigenvalue weighted by Gasteiger charge is 2.46. The van der Waals surface area contributed by atoms with Crippen molar-refractivity contribution in [3.8, 4) is 0 Å². The largest absolute Gasteiger partial charge is 0.390 e. The number of hydrogen-bond donors (Lipinski definition) is 5. The fourth-order valence-corrected chi connectivity index (χ4v) is 12.1. The van der Waals surface area contributed by atoms with Gasteiger partial charge in [-0.05, 0) is 89.0 Å². The van der Waals surface area contributed by atoms with Gasteiger partial charge in [0.15, 0.2) is 0 Å². The van der Waals surface area contributed by atoms with Crippen molar-refractivity contribution in [1.29, 1.82) is 0 Å². The number of carbonyl (C=O) groups excluding carboxylic acids is 12. The Balaban J connectivity index is 3.00. The highest BCUT2D eigenvalue weighted by Crippen LogP contribution is 2.26. The number of rotatable bonds is 17. The number of aliphatic hydroxyl groups is 1. The zero-order chi connectivity index (χ0) is 72.4. The molecule has 14 atom stereocenters. The van der Waals surface area contributed by atoms with Crippen molar-refractivity contribution < 1.29 is 67.4 Å². The molecule has 2 aliphatic rings. The summed E-state index contributed by atoms with van der Waals surface area (Å²) in [4.78, 5) is 188. The lowest BCUT2D eigenvalue weighted by Crippen LogP contribution is -2.64. The van der Waals surface area contributed by atoms with Gasteiger partial charge in [0.05, 0.1) is 12.7 Å². The van der Waals surface area contributed by atoms with E-state index in [1.54, 1.807) is 60.3 Å². The fraction of sp³-hybridized carbons (Fsp3) is 0.821. The first kappa shape index (κ1) is 83.6. The van der Waals surface area contributed by atoms with Crippen LogP contribution in [0.1, 0.15) is 150 Å². The van der Waals surface area contributed by atoms with Crippen molar-refractivity contribution in [2.45, 2.75) is 222 Å². The Bertz CT molecular complexity index is 2600. The van der Waals surface area contributed by atoms with E-state index in [0.29, 0.717) is 32.6 Å². The van der Waals surface area contributed by atoms with E-state index in [0.717, 1.165) is 14.7 Å². The summed E-state index contributed by atoms with van der Waals surface area (Å²) in [5, 5.41) is 23.0. The first-order valence-electron chi connectivity index (χ1n) is 33.8. The zero-order valence-corrected chi connectivity index (χ0v) is 61.5. The molecule has 27 nitrogen and oxygen atoms in total. The average Bonchev–Trinajstić information content (AvgIpc) is 0.811. The molecule has 0 saturated carbocycles. The lowest BCUT2D eigenvalue weighted by molar-refractivity contribution is -0.157. The standard InChI is InChI=1S/C67H121N13O14/c1-26-42(13)56(82)55-60(86)70-47(27-2)63(89)73(19)46(17)62(88)78(24)54(43(14)35-94-36-51(81)80-30-28-72(18)29-31-80)59(85)71-52(40(9)10)66(92)74(20)48(32-37(3)4)58(84)68-44(15)57(83)69-45(16)61(87)75(21)49(33-38(5)6)64(90)76(22)50(34-39(7)8)65(91)77(23)53(41(11)12)67(93)79(55)25/h37-50,52-56,82H,26-36H2,1-25H3,(H,68,84)(H,69,83)(H,70,86)(H,71,85)/t42-,43-,44+,45-,46-,47+,48+,49+,50+,52+,53+,54+,55+,56-/m1/s1. The summed E-state index contributed by atoms with van der Waals surface area (Å²) in [7, 11) is 11.7. The van der Waals surface area contributed by atoms with Gasteiger partial charge in [-0.15, -0.1) is 0 Å². The Hall–Kier alpha value is -6.48. The van der Waals surface area contributed by atoms with Gasteiger partial charge < -0.3 is 75.2 Å². The third-order valence-electron chi connectivity index (χ3n) is 18.7. The number of nitrogens with zero attached hydrogens (tertiary/aromatic N) is 9. The van der Waals surface area contributed by atoms with Crippen LogP contribution in [0.4, 0.5) is 0 Å². The Morgan fingerprint density at radius 2 is 0.915 bits per heavy atom. The van der Waals surface area contributed by atoms with Crippen molar-refractivity contribution in [3.05, 3.63) is 0 Å². The van der Waals surface area contributed by atoms with Gasteiger partial charge >= 0.3 is 0 Å². The van der Waals surface area contributed by atoms with Gasteiger partial charge in [-0.25, -0.2) is 0 Å². The summed E-state index contributed by atoms with van der Waals surface area (Å²) >= 11 is 0. The molecule has 0 radical (unpaired) electrons. The molecule has 2 aliphatic heterocycles. The number of hydrogen-bond acceptors (Lipinski definition) is 15. The number of likely N-dealkylation sites (N-methyl/N-ethyl adjacent to an activating group) is 8. The van der Waals surface area contributed by atoms with Crippen LogP contribution in [0, 0.1) is 41.4 Å². The minimum Gasteiger partial charge on any atom is -0.390 e. The molecule has 0 aromatic carbocycles. The highest BCUT2D eigenvalue weighted by atomic mass is 16.5. The van der Waals surface area contributed by atoms with Gasteiger partial charge in [0.2, 0.25) is 70.9 Å². The second kappa shape index (κ2) is 37.7. The summed E-state index contributed by atoms with van der Waals surface area (Å²) < 4.78 is 5.97. The third kappa shape index (κ3) is 22.3. The number of carbonyl (C=O) groups is 12. The van der Waals surface area contributed by atoms with Crippen LogP contribution in [0.5, 0.6) is 0 Å². The van der Waals surface area contributed by atoms with Gasteiger partial charge in [0.25, 0.3) is 0 Å². The molecule has 12 amide bonds. The minimum absolute atomic E-state index is 0.0230. The second-order valence-corrected chi connectivity index (χ2v) is 28.5. The number of nitrogens with one attached hydrogen (secondary N) is 4. The van der Waals surface area contributed by atoms with E-state index in [-0.39, 0.29) is 62.6 Å². The van der Waals surface area contributed by atoms with Gasteiger partial charge in [0, 0.05) is 81.4 Å². The second-order valence-electron chi connectivity index (χ2n) is 28.5. The SMILES string of the molecule is CC[C@@H]1NC(=O)[C@H]([C@H](O)[C@H](C)CC)N(C)C(=O)[C@H](C(C)C)N(C)C(=O)[C@H](CC(C)C)N(C)C(=O)[C@H](CC(C)C)N(C)C(=O)[C@@H](C)NC(=O)[C@H](C)NC(=O)[C@H](CC(C)C)N(C)C(=O)[C@H](C(C)C)NC(=O)[C@H]([C@H](C)COCC(=O)N2CCN(C)CC2)N(C)C(=O)[C@@H](C)N(C)C1=O. The van der Waals surface area contributed by atoms with E-state index in [4.69, 9.17) is 4.74 Å². The Morgan fingerprint density at radius 3 is 1.39 bits per heavy atom. The highest BCUT2D eigenvalue weighted by molar-refractivity contribution is 6.00. The predicted molar refractivity (Wildman–Crippen MR) is 359 cm³/mol. The van der Waals surface area contributed by atoms with Crippen molar-refractivity contribution in [1.82, 2.24) is 65.4 Å². The summed E-state index contributed by atoms with van der Waals surface area (Å²) in [6.45, 7) is 30.8. The number of aliphatic hydroxyl groups excluding tert-OH is 1. The third-order valence-corrected chi connectivity index (χ3v) is 18.7. The Morgan fingerprint density at radius 1 is 0.468 bits per heavy atom. The maximum absolute atomic E-state index is 15.2. The number of ether oxygens (including phenoxy) is 1. The van der Waals surface area contributed by atoms with Gasteiger partial charge in [-0.2, -0.15) is 0 Å². The minimum atomic E-state index is -1.63. The number of piperazine rings is 1. The summed E-state index contributed by atoms with van der Waals surface area (Å²) in [6, 6.07) is -14.3. The van der Waals surface area contributed by atoms with Crippen molar-refractivity contribution >= 4 is 70.9 Å². The molecule has 0 aromatic rings. The molecular formula is C67H121N13O14. The molecule has 0 unspecified atom stereocenters. The van der Waals surface area contributed by atoms with Crippen LogP contribution in [-0.4, -0.2) is 288 Å². The maximum atomic E-state index is 15.2. The molecule has 2 rings (SSSR count). The first-order chi connectivity index (χ1) is 43.5. The van der Waals surface area contributed by atoms with E-state index in [2.05, 4.69) is 26.2 Å². The van der Waals surface area contributed by atoms with E-state index in [1.165, 1.54) is 89.7 Å². The molecular weight excluding hydrogens is 1210 g/mol. The summed E-state index contributed by atoms with van der Waals surface area (Å²) in [5.41, 5.74) is 0. The summed E-state index contributed by atoms with van der Waals surface area (Å²) in [5.74, 6) is -11.4. The topological polar surface area (TPSA) is 312 Å². The van der Waals surface area contributed by atoms with Crippen LogP contribution >= 0.6 is 0 Å². The van der Waals surface area contributed by atoms with Crippen LogP contribution in [0.3, 0.4) is 0 Å². The molecule has 2 heterocycles. The average molecular weight is 1330 g/mol. The van der Waals surface area contributed by atoms with Crippen LogP contribution in [0.25, 0.3) is 0 Å². The van der Waals surface area contributed by atoms with Crippen LogP contribution in [0.2, 0.25) is 0 Å². The molecule has 2 fully saturated rings. The molecule has 5 N–H and O–H groups in total. The van der Waals surface area contributed by atoms with E-state index in [1.807, 2.05) is 48.6 Å². The van der Waals surface area contributed by atoms with Gasteiger partial charge in [-0.3, -0.25) is 57.5 Å². The zero-order valence-electron chi connectivity index (χ0n) is 61.5. The lowest BCUT2D eigenvalue weighted by Gasteiger charge is -2.41. The normalized spacial score (nSPS) is 27.6. The quantitative estimate of drug-likeness (QED) is 0.138. The first-order valence-corrected chi connectivity index (χ1v) is 33.8. The molecule has 2 saturated heterocycles. The van der Waals surface area contributed by atoms with Crippen LogP contribution in [-0.2, 0) is 62.3 Å². The molecule has 0 aliphatic carbocycles. The molecule has 0 spiro atoms. The van der Waals surface area contributed by atoms with E-state index >= 15 is 19.2 Å². The monoisotopic (exact) mass is 1330 g/mol. The molecule has 27 heteroatoms. The maximum Gasteiger partial charge on any atom is 0.248 e. The van der Waals surface area contributed by atoms with E-state index < -0.39 is 161 Å². The van der Waals surface area contributed by atoms with Gasteiger partial charge in [-0.1, -0.05) is 103 Å². The smallest absolute Gasteiger partial charge is 0.248 e. The molecule has 538 valence electrons. The van der Waals surface area contributed by atoms with Crippen LogP contribution < -0.4 is 21.3 Å². The molecule has 94 heavy (non-hydrogen) atoms. The summed E-state index contributed by atoms with van der Waals surface area (Å²) in [6.07, 6.45) is -0.764. The van der Waals surface area contributed by atoms with Gasteiger partial charge in [0.1, 0.15) is 73.1 Å². The fourth-order valence-electron chi connectivity index (χ4n) is 12.1. The number of amides is 12. The molecule has 0 aromatic heterocycles. The Labute approximate surface area is 561 Å². The van der Waals surface area contributed by atoms with Crippen molar-refractivity contribution in [2.75, 3.05) is 95.8 Å². The van der Waals surface area contributed by atoms with Crippen molar-refractivity contribution in [3.63, 3.8) is 0 Å².